The van der Waals surface area contributed by atoms with E-state index in [1.165, 1.54) is 12.1 Å². The van der Waals surface area contributed by atoms with Crippen LogP contribution in [-0.2, 0) is 6.54 Å². The Morgan fingerprint density at radius 2 is 1.96 bits per heavy atom. The van der Waals surface area contributed by atoms with E-state index in [4.69, 9.17) is 4.74 Å². The van der Waals surface area contributed by atoms with Crippen LogP contribution in [-0.4, -0.2) is 17.0 Å². The van der Waals surface area contributed by atoms with Gasteiger partial charge in [0, 0.05) is 23.7 Å². The summed E-state index contributed by atoms with van der Waals surface area (Å²) in [6.45, 7) is 0.339. The summed E-state index contributed by atoms with van der Waals surface area (Å²) in [5.74, 6) is 0.724. The molecule has 0 radical (unpaired) electrons. The molecule has 0 aliphatic rings. The number of nitro benzene ring substituents is 1. The molecule has 0 N–H and O–H groups in total. The molecule has 24 heavy (non-hydrogen) atoms. The number of rotatable bonds is 5. The Morgan fingerprint density at radius 1 is 1.17 bits per heavy atom. The quantitative estimate of drug-likeness (QED) is 0.394. The van der Waals surface area contributed by atoms with Crippen LogP contribution in [0.5, 0.6) is 5.75 Å². The summed E-state index contributed by atoms with van der Waals surface area (Å²) in [5.41, 5.74) is 2.41. The minimum Gasteiger partial charge on any atom is -0.497 e. The smallest absolute Gasteiger partial charge is 0.269 e. The molecule has 1 aromatic heterocycles. The molecule has 0 unspecified atom stereocenters. The van der Waals surface area contributed by atoms with Crippen LogP contribution in [0.2, 0.25) is 0 Å². The molecule has 0 fully saturated rings. The van der Waals surface area contributed by atoms with Crippen molar-refractivity contribution in [2.45, 2.75) is 6.54 Å². The van der Waals surface area contributed by atoms with E-state index < -0.39 is 4.92 Å². The Labute approximate surface area is 137 Å². The lowest BCUT2D eigenvalue weighted by Crippen LogP contribution is -1.88. The van der Waals surface area contributed by atoms with Gasteiger partial charge in [0.05, 0.1) is 29.8 Å². The summed E-state index contributed by atoms with van der Waals surface area (Å²) < 4.78 is 5.23. The zero-order valence-corrected chi connectivity index (χ0v) is 12.9. The third-order valence-corrected chi connectivity index (χ3v) is 3.50. The molecule has 0 bridgehead atoms. The highest BCUT2D eigenvalue weighted by atomic mass is 16.6. The normalized spacial score (nSPS) is 11.0. The third-order valence-electron chi connectivity index (χ3n) is 3.50. The zero-order valence-electron chi connectivity index (χ0n) is 12.9. The van der Waals surface area contributed by atoms with Crippen molar-refractivity contribution in [3.8, 4) is 5.75 Å². The number of aromatic nitrogens is 1. The second-order valence-corrected chi connectivity index (χ2v) is 5.04. The standard InChI is InChI=1S/C17H14N4O3/c1-24-14-6-7-16-15(10-14)17(8-9-18-16)20-19-11-12-2-4-13(5-3-12)21(22)23/h2-10H,11H2,1H3. The van der Waals surface area contributed by atoms with Crippen molar-refractivity contribution in [2.75, 3.05) is 7.11 Å². The van der Waals surface area contributed by atoms with Crippen molar-refractivity contribution in [3.05, 3.63) is 70.4 Å². The summed E-state index contributed by atoms with van der Waals surface area (Å²) >= 11 is 0. The summed E-state index contributed by atoms with van der Waals surface area (Å²) in [6.07, 6.45) is 1.68. The Kier molecular flexibility index (Phi) is 4.42. The van der Waals surface area contributed by atoms with Crippen molar-refractivity contribution in [1.82, 2.24) is 4.98 Å². The molecule has 3 aromatic rings. The van der Waals surface area contributed by atoms with Gasteiger partial charge in [0.15, 0.2) is 0 Å². The molecule has 7 heteroatoms. The average molecular weight is 322 g/mol. The number of non-ortho nitro benzene ring substituents is 1. The average Bonchev–Trinajstić information content (AvgIpc) is 2.62. The van der Waals surface area contributed by atoms with Gasteiger partial charge < -0.3 is 4.74 Å². The molecule has 0 amide bonds. The highest BCUT2D eigenvalue weighted by Gasteiger charge is 2.04. The van der Waals surface area contributed by atoms with Crippen LogP contribution in [0.15, 0.2) is 65.0 Å². The van der Waals surface area contributed by atoms with E-state index in [0.29, 0.717) is 12.2 Å². The van der Waals surface area contributed by atoms with Crippen LogP contribution in [0.3, 0.4) is 0 Å². The first-order valence-corrected chi connectivity index (χ1v) is 7.21. The molecule has 2 aromatic carbocycles. The van der Waals surface area contributed by atoms with Crippen molar-refractivity contribution in [1.29, 1.82) is 0 Å². The van der Waals surface area contributed by atoms with E-state index in [9.17, 15) is 10.1 Å². The summed E-state index contributed by atoms with van der Waals surface area (Å²) in [6, 6.07) is 13.6. The monoisotopic (exact) mass is 322 g/mol. The minimum absolute atomic E-state index is 0.0583. The zero-order chi connectivity index (χ0) is 16.9. The number of nitrogens with zero attached hydrogens (tertiary/aromatic N) is 4. The van der Waals surface area contributed by atoms with E-state index >= 15 is 0 Å². The fraction of sp³-hybridized carbons (Fsp3) is 0.118. The number of ether oxygens (including phenoxy) is 1. The molecule has 0 aliphatic carbocycles. The number of benzene rings is 2. The second-order valence-electron chi connectivity index (χ2n) is 5.04. The Bertz CT molecular complexity index is 907. The largest absolute Gasteiger partial charge is 0.497 e. The molecule has 7 nitrogen and oxygen atoms in total. The van der Waals surface area contributed by atoms with E-state index in [-0.39, 0.29) is 5.69 Å². The number of nitro groups is 1. The third kappa shape index (κ3) is 3.35. The van der Waals surface area contributed by atoms with Gasteiger partial charge in [-0.05, 0) is 29.8 Å². The van der Waals surface area contributed by atoms with Crippen molar-refractivity contribution >= 4 is 22.3 Å². The molecule has 0 saturated carbocycles. The molecular formula is C17H14N4O3. The first-order chi connectivity index (χ1) is 11.7. The van der Waals surface area contributed by atoms with Gasteiger partial charge in [-0.15, -0.1) is 0 Å². The molecule has 0 saturated heterocycles. The number of fused-ring (bicyclic) bond motifs is 1. The van der Waals surface area contributed by atoms with Gasteiger partial charge >= 0.3 is 0 Å². The Balaban J connectivity index is 1.81. The van der Waals surface area contributed by atoms with Crippen LogP contribution >= 0.6 is 0 Å². The maximum Gasteiger partial charge on any atom is 0.269 e. The van der Waals surface area contributed by atoms with Crippen molar-refractivity contribution in [3.63, 3.8) is 0 Å². The number of methoxy groups -OCH3 is 1. The first-order valence-electron chi connectivity index (χ1n) is 7.21. The fourth-order valence-corrected chi connectivity index (χ4v) is 2.24. The van der Waals surface area contributed by atoms with Gasteiger partial charge in [-0.2, -0.15) is 10.2 Å². The van der Waals surface area contributed by atoms with E-state index in [1.54, 1.807) is 31.5 Å². The summed E-state index contributed by atoms with van der Waals surface area (Å²) in [4.78, 5) is 14.5. The summed E-state index contributed by atoms with van der Waals surface area (Å²) in [7, 11) is 1.60. The second kappa shape index (κ2) is 6.82. The lowest BCUT2D eigenvalue weighted by atomic mass is 10.2. The molecule has 120 valence electrons. The van der Waals surface area contributed by atoms with E-state index in [1.807, 2.05) is 18.2 Å². The van der Waals surface area contributed by atoms with Gasteiger partial charge in [0.25, 0.3) is 5.69 Å². The number of hydrogen-bond donors (Lipinski definition) is 0. The van der Waals surface area contributed by atoms with E-state index in [0.717, 1.165) is 22.2 Å². The maximum absolute atomic E-state index is 10.6. The lowest BCUT2D eigenvalue weighted by molar-refractivity contribution is -0.384. The van der Waals surface area contributed by atoms with Crippen LogP contribution in [0, 0.1) is 10.1 Å². The van der Waals surface area contributed by atoms with Gasteiger partial charge in [-0.25, -0.2) is 0 Å². The summed E-state index contributed by atoms with van der Waals surface area (Å²) in [5, 5.41) is 19.9. The van der Waals surface area contributed by atoms with Crippen molar-refractivity contribution in [2.24, 2.45) is 10.2 Å². The molecule has 0 aliphatic heterocycles. The van der Waals surface area contributed by atoms with Gasteiger partial charge in [-0.1, -0.05) is 12.1 Å². The molecule has 3 rings (SSSR count). The van der Waals surface area contributed by atoms with Crippen LogP contribution in [0.1, 0.15) is 5.56 Å². The topological polar surface area (TPSA) is 90.0 Å². The van der Waals surface area contributed by atoms with Gasteiger partial charge in [0.2, 0.25) is 0 Å². The molecule has 0 atom stereocenters. The number of azo groups is 1. The molecular weight excluding hydrogens is 308 g/mol. The highest BCUT2D eigenvalue weighted by Crippen LogP contribution is 2.28. The van der Waals surface area contributed by atoms with Crippen LogP contribution in [0.4, 0.5) is 11.4 Å². The predicted molar refractivity (Wildman–Crippen MR) is 89.6 cm³/mol. The Morgan fingerprint density at radius 3 is 2.67 bits per heavy atom. The SMILES string of the molecule is COc1ccc2nccc(N=NCc3ccc([N+](=O)[O-])cc3)c2c1. The van der Waals surface area contributed by atoms with Gasteiger partial charge in [-0.3, -0.25) is 15.1 Å². The first kappa shape index (κ1) is 15.5. The fourth-order valence-electron chi connectivity index (χ4n) is 2.24. The molecule has 0 spiro atoms. The number of pyridine rings is 1. The lowest BCUT2D eigenvalue weighted by Gasteiger charge is -2.03. The predicted octanol–water partition coefficient (Wildman–Crippen LogP) is 4.44. The number of hydrogen-bond acceptors (Lipinski definition) is 6. The van der Waals surface area contributed by atoms with Crippen LogP contribution in [0.25, 0.3) is 10.9 Å². The maximum atomic E-state index is 10.6. The minimum atomic E-state index is -0.429. The van der Waals surface area contributed by atoms with Gasteiger partial charge in [0.1, 0.15) is 5.75 Å². The van der Waals surface area contributed by atoms with Crippen molar-refractivity contribution < 1.29 is 9.66 Å². The van der Waals surface area contributed by atoms with E-state index in [2.05, 4.69) is 15.2 Å². The Hall–Kier alpha value is -3.35. The van der Waals surface area contributed by atoms with Crippen LogP contribution < -0.4 is 4.74 Å². The molecule has 1 heterocycles. The highest BCUT2D eigenvalue weighted by molar-refractivity contribution is 5.90.